The van der Waals surface area contributed by atoms with Crippen molar-refractivity contribution in [1.29, 1.82) is 0 Å². The summed E-state index contributed by atoms with van der Waals surface area (Å²) in [5.41, 5.74) is 1.60. The fraction of sp³-hybridized carbons (Fsp3) is 0.519. The molecule has 202 valence electrons. The van der Waals surface area contributed by atoms with E-state index < -0.39 is 20.0 Å². The van der Waals surface area contributed by atoms with Crippen LogP contribution in [0.15, 0.2) is 47.1 Å². The molecule has 0 N–H and O–H groups in total. The maximum Gasteiger partial charge on any atom is 0.416 e. The van der Waals surface area contributed by atoms with E-state index in [1.807, 2.05) is 57.2 Å². The Kier molecular flexibility index (Phi) is 9.21. The lowest BCUT2D eigenvalue weighted by Gasteiger charge is -2.36. The Hall–Kier alpha value is -2.27. The molecule has 0 fully saturated rings. The highest BCUT2D eigenvalue weighted by molar-refractivity contribution is 9.10. The molecule has 0 unspecified atom stereocenters. The van der Waals surface area contributed by atoms with Crippen LogP contribution in [-0.2, 0) is 13.9 Å². The summed E-state index contributed by atoms with van der Waals surface area (Å²) in [6.07, 6.45) is 1.19. The van der Waals surface area contributed by atoms with Crippen LogP contribution in [0.25, 0.3) is 16.9 Å². The summed E-state index contributed by atoms with van der Waals surface area (Å²) in [4.78, 5) is 19.7. The van der Waals surface area contributed by atoms with Gasteiger partial charge >= 0.3 is 6.09 Å². The number of amides is 1. The van der Waals surface area contributed by atoms with Crippen LogP contribution in [0.4, 0.5) is 10.6 Å². The third-order valence-electron chi connectivity index (χ3n) is 6.33. The zero-order valence-corrected chi connectivity index (χ0v) is 25.8. The molecule has 2 aromatic heterocycles. The molecule has 1 aromatic carbocycles. The number of aromatic nitrogens is 3. The highest BCUT2D eigenvalue weighted by Crippen LogP contribution is 2.36. The van der Waals surface area contributed by atoms with Crippen LogP contribution in [0.2, 0.25) is 18.1 Å². The van der Waals surface area contributed by atoms with Crippen molar-refractivity contribution >= 4 is 41.8 Å². The first kappa shape index (κ1) is 29.3. The van der Waals surface area contributed by atoms with Crippen LogP contribution < -0.4 is 4.90 Å². The maximum absolute atomic E-state index is 13.4. The van der Waals surface area contributed by atoms with E-state index in [0.29, 0.717) is 31.3 Å². The molecular weight excluding hydrogens is 552 g/mol. The topological polar surface area (TPSA) is 78.2 Å². The highest BCUT2D eigenvalue weighted by Gasteiger charge is 2.37. The van der Waals surface area contributed by atoms with Gasteiger partial charge < -0.3 is 13.9 Å². The van der Waals surface area contributed by atoms with Gasteiger partial charge in [-0.25, -0.2) is 9.78 Å². The molecular formula is C27H39BrN4O4Si. The van der Waals surface area contributed by atoms with Crippen LogP contribution in [-0.4, -0.2) is 61.0 Å². The lowest BCUT2D eigenvalue weighted by Crippen LogP contribution is -2.42. The first-order valence-corrected chi connectivity index (χ1v) is 16.2. The molecule has 8 nitrogen and oxygen atoms in total. The molecule has 0 atom stereocenters. The summed E-state index contributed by atoms with van der Waals surface area (Å²) in [6.45, 7) is 18.2. The van der Waals surface area contributed by atoms with Gasteiger partial charge in [0.1, 0.15) is 11.4 Å². The first-order valence-electron chi connectivity index (χ1n) is 12.5. The number of hydrogen-bond donors (Lipinski definition) is 0. The molecule has 0 radical (unpaired) electrons. The second-order valence-electron chi connectivity index (χ2n) is 11.4. The van der Waals surface area contributed by atoms with Crippen molar-refractivity contribution in [2.75, 3.05) is 31.3 Å². The summed E-state index contributed by atoms with van der Waals surface area (Å²) in [7, 11) is -1.84. The fourth-order valence-electron chi connectivity index (χ4n) is 3.32. The van der Waals surface area contributed by atoms with Gasteiger partial charge in [-0.05, 0) is 54.8 Å². The number of carbonyl (C=O) groups excluding carboxylic acids is 1. The zero-order chi connectivity index (χ0) is 27.4. The van der Waals surface area contributed by atoms with E-state index >= 15 is 0 Å². The zero-order valence-electron chi connectivity index (χ0n) is 23.2. The molecule has 0 aliphatic heterocycles. The van der Waals surface area contributed by atoms with Gasteiger partial charge in [-0.15, -0.1) is 0 Å². The Labute approximate surface area is 229 Å². The number of benzene rings is 1. The number of rotatable bonds is 9. The van der Waals surface area contributed by atoms with Gasteiger partial charge in [-0.2, -0.15) is 9.61 Å². The third kappa shape index (κ3) is 7.62. The van der Waals surface area contributed by atoms with E-state index in [2.05, 4.69) is 54.9 Å². The molecule has 0 bridgehead atoms. The predicted molar refractivity (Wildman–Crippen MR) is 154 cm³/mol. The number of ether oxygens (including phenoxy) is 2. The van der Waals surface area contributed by atoms with Gasteiger partial charge in [-0.1, -0.05) is 51.1 Å². The number of anilines is 1. The Morgan fingerprint density at radius 2 is 1.73 bits per heavy atom. The molecule has 0 spiro atoms. The van der Waals surface area contributed by atoms with Crippen LogP contribution >= 0.6 is 15.9 Å². The van der Waals surface area contributed by atoms with E-state index in [1.54, 1.807) is 15.6 Å². The quantitative estimate of drug-likeness (QED) is 0.198. The Morgan fingerprint density at radius 3 is 2.35 bits per heavy atom. The molecule has 37 heavy (non-hydrogen) atoms. The van der Waals surface area contributed by atoms with Crippen molar-refractivity contribution < 1.29 is 18.7 Å². The Bertz CT molecular complexity index is 1200. The van der Waals surface area contributed by atoms with Crippen molar-refractivity contribution in [2.24, 2.45) is 0 Å². The van der Waals surface area contributed by atoms with Crippen LogP contribution in [0.3, 0.4) is 0 Å². The lowest BCUT2D eigenvalue weighted by atomic mass is 10.1. The Balaban J connectivity index is 1.84. The molecule has 0 aliphatic rings. The van der Waals surface area contributed by atoms with E-state index in [4.69, 9.17) is 18.9 Å². The highest BCUT2D eigenvalue weighted by atomic mass is 79.9. The standard InChI is InChI=1S/C27H39BrN4O4Si/c1-26(2,3)36-25(33)31(14-15-34-16-17-35-37(7,8)27(4,5)6)23-18-22(20-12-10-9-11-13-20)30-24-21(28)19-29-32(23)24/h9-13,18-19H,14-17H2,1-8H3. The monoisotopic (exact) mass is 590 g/mol. The van der Waals surface area contributed by atoms with Crippen LogP contribution in [0.1, 0.15) is 41.5 Å². The minimum absolute atomic E-state index is 0.141. The second kappa shape index (κ2) is 11.6. The van der Waals surface area contributed by atoms with Gasteiger partial charge in [0.05, 0.1) is 42.7 Å². The van der Waals surface area contributed by atoms with Crippen molar-refractivity contribution in [3.05, 3.63) is 47.1 Å². The van der Waals surface area contributed by atoms with Crippen molar-refractivity contribution in [3.8, 4) is 11.3 Å². The fourth-order valence-corrected chi connectivity index (χ4v) is 4.69. The molecule has 3 aromatic rings. The van der Waals surface area contributed by atoms with Gasteiger partial charge in [0, 0.05) is 11.6 Å². The number of halogens is 1. The average molecular weight is 592 g/mol. The molecule has 3 rings (SSSR count). The van der Waals surface area contributed by atoms with Gasteiger partial charge in [0.2, 0.25) is 0 Å². The van der Waals surface area contributed by atoms with Gasteiger partial charge in [0.15, 0.2) is 14.0 Å². The van der Waals surface area contributed by atoms with E-state index in [9.17, 15) is 4.79 Å². The van der Waals surface area contributed by atoms with Crippen molar-refractivity contribution in [2.45, 2.75) is 65.3 Å². The summed E-state index contributed by atoms with van der Waals surface area (Å²) >= 11 is 3.54. The Morgan fingerprint density at radius 1 is 1.05 bits per heavy atom. The molecule has 2 heterocycles. The van der Waals surface area contributed by atoms with E-state index in [-0.39, 0.29) is 11.6 Å². The summed E-state index contributed by atoms with van der Waals surface area (Å²) < 4.78 is 20.2. The van der Waals surface area contributed by atoms with Crippen LogP contribution in [0.5, 0.6) is 0 Å². The first-order chi connectivity index (χ1) is 17.2. The van der Waals surface area contributed by atoms with E-state index in [1.165, 1.54) is 0 Å². The lowest BCUT2D eigenvalue weighted by molar-refractivity contribution is 0.0548. The van der Waals surface area contributed by atoms with Gasteiger partial charge in [-0.3, -0.25) is 4.90 Å². The summed E-state index contributed by atoms with van der Waals surface area (Å²) in [6, 6.07) is 11.7. The molecule has 0 saturated heterocycles. The summed E-state index contributed by atoms with van der Waals surface area (Å²) in [5.74, 6) is 0.546. The predicted octanol–water partition coefficient (Wildman–Crippen LogP) is 6.94. The molecule has 10 heteroatoms. The largest absolute Gasteiger partial charge is 0.443 e. The minimum atomic E-state index is -1.84. The molecule has 1 amide bonds. The smallest absolute Gasteiger partial charge is 0.416 e. The van der Waals surface area contributed by atoms with Crippen molar-refractivity contribution in [1.82, 2.24) is 14.6 Å². The maximum atomic E-state index is 13.4. The number of fused-ring (bicyclic) bond motifs is 1. The third-order valence-corrected chi connectivity index (χ3v) is 11.4. The molecule has 0 saturated carbocycles. The van der Waals surface area contributed by atoms with Crippen LogP contribution in [0, 0.1) is 0 Å². The number of hydrogen-bond acceptors (Lipinski definition) is 6. The number of nitrogens with zero attached hydrogens (tertiary/aromatic N) is 4. The second-order valence-corrected chi connectivity index (χ2v) is 17.1. The van der Waals surface area contributed by atoms with E-state index in [0.717, 1.165) is 15.7 Å². The van der Waals surface area contributed by atoms with Crippen molar-refractivity contribution in [3.63, 3.8) is 0 Å². The number of carbonyl (C=O) groups is 1. The normalized spacial score (nSPS) is 12.7. The minimum Gasteiger partial charge on any atom is -0.443 e. The average Bonchev–Trinajstić information content (AvgIpc) is 3.17. The SMILES string of the molecule is CC(C)(C)OC(=O)N(CCOCCO[Si](C)(C)C(C)(C)C)c1cc(-c2ccccc2)nc2c(Br)cnn12. The molecule has 0 aliphatic carbocycles. The van der Waals surface area contributed by atoms with Gasteiger partial charge in [0.25, 0.3) is 0 Å². The summed E-state index contributed by atoms with van der Waals surface area (Å²) in [5, 5.41) is 4.60.